The number of ether oxygens (including phenoxy) is 1. The van der Waals surface area contributed by atoms with Crippen LogP contribution in [-0.2, 0) is 33.8 Å². The number of hydrogen-bond donors (Lipinski definition) is 0. The van der Waals surface area contributed by atoms with Crippen molar-refractivity contribution >= 4 is 34.2 Å². The third-order valence-electron chi connectivity index (χ3n) is 4.22. The van der Waals surface area contributed by atoms with Crippen molar-refractivity contribution in [1.82, 2.24) is 19.9 Å². The molecule has 0 aliphatic carbocycles. The average Bonchev–Trinajstić information content (AvgIpc) is 3.26. The lowest BCUT2D eigenvalue weighted by molar-refractivity contribution is -0.153. The van der Waals surface area contributed by atoms with Crippen molar-refractivity contribution in [3.05, 3.63) is 46.2 Å². The molecule has 0 bridgehead atoms. The number of carbonyl (C=O) groups is 2. The molecular formula is C17H16N4O3S. The maximum Gasteiger partial charge on any atom is 0.328 e. The lowest BCUT2D eigenvalue weighted by Gasteiger charge is -2.26. The Kier molecular flexibility index (Phi) is 4.19. The van der Waals surface area contributed by atoms with E-state index in [1.54, 1.807) is 16.2 Å². The first-order valence-electron chi connectivity index (χ1n) is 7.97. The highest BCUT2D eigenvalue weighted by atomic mass is 32.1. The molecule has 0 atom stereocenters. The second-order valence-corrected chi connectivity index (χ2v) is 6.83. The zero-order valence-corrected chi connectivity index (χ0v) is 14.2. The van der Waals surface area contributed by atoms with Crippen LogP contribution in [0.1, 0.15) is 10.4 Å². The van der Waals surface area contributed by atoms with E-state index < -0.39 is 5.97 Å². The molecule has 8 heteroatoms. The third-order valence-corrected chi connectivity index (χ3v) is 5.24. The topological polar surface area (TPSA) is 77.3 Å². The van der Waals surface area contributed by atoms with Crippen LogP contribution in [0, 0.1) is 0 Å². The van der Waals surface area contributed by atoms with Gasteiger partial charge in [-0.1, -0.05) is 17.3 Å². The molecule has 0 spiro atoms. The molecule has 2 aromatic heterocycles. The summed E-state index contributed by atoms with van der Waals surface area (Å²) in [5.74, 6) is -0.675. The number of para-hydroxylation sites is 1. The minimum Gasteiger partial charge on any atom is -0.454 e. The van der Waals surface area contributed by atoms with Crippen LogP contribution in [0.25, 0.3) is 11.0 Å². The van der Waals surface area contributed by atoms with Gasteiger partial charge in [-0.2, -0.15) is 0 Å². The predicted octanol–water partition coefficient (Wildman–Crippen LogP) is 1.62. The Bertz CT molecular complexity index is 933. The van der Waals surface area contributed by atoms with Crippen molar-refractivity contribution in [3.63, 3.8) is 0 Å². The van der Waals surface area contributed by atoms with E-state index in [0.29, 0.717) is 18.6 Å². The highest BCUT2D eigenvalue weighted by molar-refractivity contribution is 7.10. The zero-order chi connectivity index (χ0) is 17.2. The lowest BCUT2D eigenvalue weighted by atomic mass is 10.1. The molecule has 25 heavy (non-hydrogen) atoms. The van der Waals surface area contributed by atoms with Gasteiger partial charge in [0, 0.05) is 18.0 Å². The van der Waals surface area contributed by atoms with Gasteiger partial charge in [0.05, 0.1) is 5.52 Å². The van der Waals surface area contributed by atoms with Crippen molar-refractivity contribution in [2.24, 2.45) is 0 Å². The fourth-order valence-electron chi connectivity index (χ4n) is 2.90. The molecule has 0 radical (unpaired) electrons. The number of carbonyl (C=O) groups excluding carboxylic acids is 2. The molecule has 4 rings (SSSR count). The molecular weight excluding hydrogens is 340 g/mol. The predicted molar refractivity (Wildman–Crippen MR) is 91.9 cm³/mol. The van der Waals surface area contributed by atoms with Crippen LogP contribution in [-0.4, -0.2) is 44.9 Å². The van der Waals surface area contributed by atoms with E-state index >= 15 is 0 Å². The fraction of sp³-hybridized carbons (Fsp3) is 0.294. The quantitative estimate of drug-likeness (QED) is 0.664. The molecule has 3 aromatic rings. The number of nitrogens with zero attached hydrogens (tertiary/aromatic N) is 4. The summed E-state index contributed by atoms with van der Waals surface area (Å²) in [6.45, 7) is 0.938. The van der Waals surface area contributed by atoms with Crippen LogP contribution >= 0.6 is 11.3 Å². The Morgan fingerprint density at radius 2 is 2.12 bits per heavy atom. The standard InChI is InChI=1S/C17H16N4O3S/c22-16(20-7-5-15-12(9-20)6-8-25-15)11-24-17(23)10-21-14-4-2-1-3-13(14)18-19-21/h1-4,6,8H,5,7,9-11H2. The van der Waals surface area contributed by atoms with Gasteiger partial charge in [0.25, 0.3) is 5.91 Å². The summed E-state index contributed by atoms with van der Waals surface area (Å²) in [5.41, 5.74) is 2.66. The largest absolute Gasteiger partial charge is 0.454 e. The Morgan fingerprint density at radius 3 is 3.04 bits per heavy atom. The van der Waals surface area contributed by atoms with E-state index in [-0.39, 0.29) is 19.1 Å². The number of fused-ring (bicyclic) bond motifs is 2. The van der Waals surface area contributed by atoms with Gasteiger partial charge >= 0.3 is 5.97 Å². The monoisotopic (exact) mass is 356 g/mol. The molecule has 0 fully saturated rings. The zero-order valence-electron chi connectivity index (χ0n) is 13.4. The van der Waals surface area contributed by atoms with E-state index in [0.717, 1.165) is 11.9 Å². The van der Waals surface area contributed by atoms with Crippen molar-refractivity contribution in [1.29, 1.82) is 0 Å². The maximum absolute atomic E-state index is 12.3. The van der Waals surface area contributed by atoms with E-state index in [1.165, 1.54) is 15.1 Å². The van der Waals surface area contributed by atoms with Gasteiger partial charge in [0.2, 0.25) is 0 Å². The van der Waals surface area contributed by atoms with Crippen LogP contribution in [0.4, 0.5) is 0 Å². The number of esters is 1. The summed E-state index contributed by atoms with van der Waals surface area (Å²) < 4.78 is 6.61. The summed E-state index contributed by atoms with van der Waals surface area (Å²) in [4.78, 5) is 27.3. The second-order valence-electron chi connectivity index (χ2n) is 5.83. The summed E-state index contributed by atoms with van der Waals surface area (Å²) in [5, 5.41) is 9.97. The molecule has 0 saturated carbocycles. The van der Waals surface area contributed by atoms with Gasteiger partial charge < -0.3 is 9.64 Å². The molecule has 1 aromatic carbocycles. The van der Waals surface area contributed by atoms with E-state index in [4.69, 9.17) is 4.74 Å². The van der Waals surface area contributed by atoms with Gasteiger partial charge in [-0.25, -0.2) is 4.68 Å². The third kappa shape index (κ3) is 3.25. The lowest BCUT2D eigenvalue weighted by Crippen LogP contribution is -2.38. The maximum atomic E-state index is 12.3. The molecule has 7 nitrogen and oxygen atoms in total. The Labute approximate surface area is 147 Å². The first-order chi connectivity index (χ1) is 12.2. The SMILES string of the molecule is O=C(Cn1nnc2ccccc21)OCC(=O)N1CCc2sccc2C1. The molecule has 0 unspecified atom stereocenters. The van der Waals surface area contributed by atoms with Gasteiger partial charge in [0.15, 0.2) is 6.61 Å². The second kappa shape index (κ2) is 6.64. The van der Waals surface area contributed by atoms with Crippen LogP contribution in [0.3, 0.4) is 0 Å². The minimum atomic E-state index is -0.503. The average molecular weight is 356 g/mol. The minimum absolute atomic E-state index is 0.0670. The smallest absolute Gasteiger partial charge is 0.328 e. The van der Waals surface area contributed by atoms with Gasteiger partial charge in [0.1, 0.15) is 12.1 Å². The number of benzene rings is 1. The number of thiophene rings is 1. The summed E-state index contributed by atoms with van der Waals surface area (Å²) in [6.07, 6.45) is 0.859. The molecule has 1 aliphatic heterocycles. The van der Waals surface area contributed by atoms with Gasteiger partial charge in [-0.05, 0) is 35.6 Å². The van der Waals surface area contributed by atoms with E-state index in [9.17, 15) is 9.59 Å². The fourth-order valence-corrected chi connectivity index (χ4v) is 3.79. The van der Waals surface area contributed by atoms with E-state index in [1.807, 2.05) is 35.7 Å². The summed E-state index contributed by atoms with van der Waals surface area (Å²) in [6, 6.07) is 9.41. The van der Waals surface area contributed by atoms with Gasteiger partial charge in [-0.15, -0.1) is 16.4 Å². The van der Waals surface area contributed by atoms with Gasteiger partial charge in [-0.3, -0.25) is 9.59 Å². The molecule has 128 valence electrons. The van der Waals surface area contributed by atoms with Crippen LogP contribution in [0.5, 0.6) is 0 Å². The Balaban J connectivity index is 1.32. The molecule has 0 N–H and O–H groups in total. The van der Waals surface area contributed by atoms with Crippen molar-refractivity contribution < 1.29 is 14.3 Å². The number of amides is 1. The van der Waals surface area contributed by atoms with Crippen LogP contribution in [0.15, 0.2) is 35.7 Å². The van der Waals surface area contributed by atoms with E-state index in [2.05, 4.69) is 10.3 Å². The Hall–Kier alpha value is -2.74. The highest BCUT2D eigenvalue weighted by Gasteiger charge is 2.22. The number of aromatic nitrogens is 3. The number of rotatable bonds is 4. The molecule has 1 aliphatic rings. The van der Waals surface area contributed by atoms with Crippen LogP contribution < -0.4 is 0 Å². The highest BCUT2D eigenvalue weighted by Crippen LogP contribution is 2.23. The number of hydrogen-bond acceptors (Lipinski definition) is 6. The Morgan fingerprint density at radius 1 is 1.24 bits per heavy atom. The summed E-state index contributed by atoms with van der Waals surface area (Å²) >= 11 is 1.72. The normalized spacial score (nSPS) is 13.7. The van der Waals surface area contributed by atoms with Crippen LogP contribution in [0.2, 0.25) is 0 Å². The van der Waals surface area contributed by atoms with Crippen molar-refractivity contribution in [3.8, 4) is 0 Å². The molecule has 0 saturated heterocycles. The van der Waals surface area contributed by atoms with Crippen molar-refractivity contribution in [2.45, 2.75) is 19.5 Å². The summed E-state index contributed by atoms with van der Waals surface area (Å²) in [7, 11) is 0. The van der Waals surface area contributed by atoms with Crippen molar-refractivity contribution in [2.75, 3.05) is 13.2 Å². The first-order valence-corrected chi connectivity index (χ1v) is 8.85. The molecule has 1 amide bonds. The molecule has 3 heterocycles. The first kappa shape index (κ1) is 15.8.